The molecular formula is C10H10F3NO2. The van der Waals surface area contributed by atoms with Crippen LogP contribution in [0.2, 0.25) is 0 Å². The molecule has 0 atom stereocenters. The first-order chi connectivity index (χ1) is 7.32. The summed E-state index contributed by atoms with van der Waals surface area (Å²) in [6.45, 7) is 1.22. The summed E-state index contributed by atoms with van der Waals surface area (Å²) in [5.74, 6) is -0.403. The number of amides is 1. The quantitative estimate of drug-likeness (QED) is 0.852. The number of hydrogen-bond donors (Lipinski definition) is 1. The molecular weight excluding hydrogens is 223 g/mol. The molecule has 0 spiro atoms. The number of carbonyl (C=O) groups excluding carboxylic acids is 1. The zero-order valence-electron chi connectivity index (χ0n) is 8.68. The number of nitrogens with one attached hydrogen (secondary N) is 1. The van der Waals surface area contributed by atoms with Crippen molar-refractivity contribution in [1.82, 2.24) is 0 Å². The molecule has 1 rings (SSSR count). The maximum Gasteiger partial charge on any atom is 0.416 e. The van der Waals surface area contributed by atoms with Gasteiger partial charge in [0.25, 0.3) is 0 Å². The van der Waals surface area contributed by atoms with Gasteiger partial charge in [-0.15, -0.1) is 0 Å². The number of methoxy groups -OCH3 is 1. The summed E-state index contributed by atoms with van der Waals surface area (Å²) in [5.41, 5.74) is -0.810. The van der Waals surface area contributed by atoms with Crippen LogP contribution in [-0.4, -0.2) is 13.0 Å². The molecule has 1 aromatic rings. The predicted octanol–water partition coefficient (Wildman–Crippen LogP) is 2.67. The van der Waals surface area contributed by atoms with Gasteiger partial charge in [0, 0.05) is 18.7 Å². The van der Waals surface area contributed by atoms with Crippen molar-refractivity contribution < 1.29 is 22.7 Å². The zero-order chi connectivity index (χ0) is 12.3. The minimum absolute atomic E-state index is 0.0403. The van der Waals surface area contributed by atoms with Crippen LogP contribution in [0.15, 0.2) is 18.2 Å². The molecule has 0 heterocycles. The van der Waals surface area contributed by atoms with Crippen molar-refractivity contribution in [1.29, 1.82) is 0 Å². The second kappa shape index (κ2) is 4.42. The number of carbonyl (C=O) groups is 1. The number of benzene rings is 1. The highest BCUT2D eigenvalue weighted by Gasteiger charge is 2.31. The Kier molecular flexibility index (Phi) is 3.41. The van der Waals surface area contributed by atoms with Crippen molar-refractivity contribution in [3.8, 4) is 5.75 Å². The lowest BCUT2D eigenvalue weighted by Crippen LogP contribution is -2.09. The fourth-order valence-electron chi connectivity index (χ4n) is 1.16. The molecule has 0 radical (unpaired) electrons. The van der Waals surface area contributed by atoms with Crippen molar-refractivity contribution in [2.45, 2.75) is 13.1 Å². The van der Waals surface area contributed by atoms with E-state index in [-0.39, 0.29) is 11.4 Å². The van der Waals surface area contributed by atoms with Crippen molar-refractivity contribution >= 4 is 11.6 Å². The van der Waals surface area contributed by atoms with Crippen molar-refractivity contribution in [2.75, 3.05) is 12.4 Å². The molecule has 6 heteroatoms. The summed E-state index contributed by atoms with van der Waals surface area (Å²) in [4.78, 5) is 10.7. The van der Waals surface area contributed by atoms with Gasteiger partial charge >= 0.3 is 6.18 Å². The first kappa shape index (κ1) is 12.4. The third kappa shape index (κ3) is 3.15. The van der Waals surface area contributed by atoms with E-state index in [9.17, 15) is 18.0 Å². The Morgan fingerprint density at radius 1 is 1.31 bits per heavy atom. The van der Waals surface area contributed by atoms with Gasteiger partial charge < -0.3 is 10.1 Å². The molecule has 0 bridgehead atoms. The van der Waals surface area contributed by atoms with Crippen molar-refractivity contribution in [2.24, 2.45) is 0 Å². The van der Waals surface area contributed by atoms with Crippen molar-refractivity contribution in [3.63, 3.8) is 0 Å². The van der Waals surface area contributed by atoms with Gasteiger partial charge in [0.1, 0.15) is 5.75 Å². The molecule has 88 valence electrons. The smallest absolute Gasteiger partial charge is 0.416 e. The second-order valence-corrected chi connectivity index (χ2v) is 3.13. The largest absolute Gasteiger partial charge is 0.497 e. The topological polar surface area (TPSA) is 38.3 Å². The molecule has 0 saturated heterocycles. The fourth-order valence-corrected chi connectivity index (χ4v) is 1.16. The van der Waals surface area contributed by atoms with Gasteiger partial charge in [-0.2, -0.15) is 13.2 Å². The molecule has 0 aliphatic carbocycles. The van der Waals surface area contributed by atoms with E-state index in [1.807, 2.05) is 0 Å². The van der Waals surface area contributed by atoms with Crippen LogP contribution in [0, 0.1) is 0 Å². The molecule has 0 saturated carbocycles. The van der Waals surface area contributed by atoms with Crippen LogP contribution in [0.1, 0.15) is 12.5 Å². The lowest BCUT2D eigenvalue weighted by Gasteiger charge is -2.11. The number of anilines is 1. The number of ether oxygens (including phenoxy) is 1. The Hall–Kier alpha value is -1.72. The molecule has 0 aromatic heterocycles. The zero-order valence-corrected chi connectivity index (χ0v) is 8.68. The Labute approximate surface area is 90.2 Å². The molecule has 1 aromatic carbocycles. The predicted molar refractivity (Wildman–Crippen MR) is 52.3 cm³/mol. The summed E-state index contributed by atoms with van der Waals surface area (Å²) >= 11 is 0. The third-order valence-electron chi connectivity index (χ3n) is 1.79. The van der Waals surface area contributed by atoms with E-state index in [0.717, 1.165) is 12.1 Å². The van der Waals surface area contributed by atoms with Crippen LogP contribution in [0.4, 0.5) is 18.9 Å². The average Bonchev–Trinajstić information content (AvgIpc) is 2.14. The molecule has 0 fully saturated rings. The van der Waals surface area contributed by atoms with Crippen LogP contribution >= 0.6 is 0 Å². The van der Waals surface area contributed by atoms with Gasteiger partial charge in [-0.25, -0.2) is 0 Å². The molecule has 1 N–H and O–H groups in total. The number of alkyl halides is 3. The first-order valence-corrected chi connectivity index (χ1v) is 4.37. The van der Waals surface area contributed by atoms with Gasteiger partial charge in [0.2, 0.25) is 5.91 Å². The molecule has 0 aliphatic heterocycles. The minimum Gasteiger partial charge on any atom is -0.497 e. The van der Waals surface area contributed by atoms with E-state index in [0.29, 0.717) is 0 Å². The average molecular weight is 233 g/mol. The Bertz CT molecular complexity index is 402. The summed E-state index contributed by atoms with van der Waals surface area (Å²) in [5, 5.41) is 2.27. The van der Waals surface area contributed by atoms with Gasteiger partial charge in [-0.1, -0.05) is 0 Å². The van der Waals surface area contributed by atoms with E-state index in [4.69, 9.17) is 4.74 Å². The molecule has 16 heavy (non-hydrogen) atoms. The van der Waals surface area contributed by atoms with Crippen LogP contribution in [0.3, 0.4) is 0 Å². The minimum atomic E-state index is -4.47. The Balaban J connectivity index is 3.16. The highest BCUT2D eigenvalue weighted by atomic mass is 19.4. The standard InChI is InChI=1S/C10H10F3NO2/c1-6(15)14-8-3-7(10(11,12)13)4-9(5-8)16-2/h3-5H,1-2H3,(H,14,15). The summed E-state index contributed by atoms with van der Waals surface area (Å²) in [6, 6.07) is 3.03. The summed E-state index contributed by atoms with van der Waals surface area (Å²) in [7, 11) is 1.26. The van der Waals surface area contributed by atoms with Crippen LogP contribution in [-0.2, 0) is 11.0 Å². The fraction of sp³-hybridized carbons (Fsp3) is 0.300. The summed E-state index contributed by atoms with van der Waals surface area (Å²) < 4.78 is 42.1. The van der Waals surface area contributed by atoms with Crippen molar-refractivity contribution in [3.05, 3.63) is 23.8 Å². The highest BCUT2D eigenvalue weighted by Crippen LogP contribution is 2.33. The van der Waals surface area contributed by atoms with Gasteiger partial charge in [0.15, 0.2) is 0 Å². The number of halogens is 3. The first-order valence-electron chi connectivity index (χ1n) is 4.37. The Morgan fingerprint density at radius 2 is 1.94 bits per heavy atom. The lowest BCUT2D eigenvalue weighted by molar-refractivity contribution is -0.137. The van der Waals surface area contributed by atoms with Crippen LogP contribution in [0.5, 0.6) is 5.75 Å². The van der Waals surface area contributed by atoms with E-state index < -0.39 is 17.6 Å². The maximum absolute atomic E-state index is 12.5. The van der Waals surface area contributed by atoms with Crippen LogP contribution in [0.25, 0.3) is 0 Å². The van der Waals surface area contributed by atoms with E-state index in [1.54, 1.807) is 0 Å². The molecule has 0 aliphatic rings. The van der Waals surface area contributed by atoms with E-state index in [2.05, 4.69) is 5.32 Å². The van der Waals surface area contributed by atoms with E-state index in [1.165, 1.54) is 20.1 Å². The molecule has 1 amide bonds. The summed E-state index contributed by atoms with van der Waals surface area (Å²) in [6.07, 6.45) is -4.47. The Morgan fingerprint density at radius 3 is 2.38 bits per heavy atom. The number of rotatable bonds is 2. The van der Waals surface area contributed by atoms with Gasteiger partial charge in [0.05, 0.1) is 12.7 Å². The highest BCUT2D eigenvalue weighted by molar-refractivity contribution is 5.89. The van der Waals surface area contributed by atoms with Gasteiger partial charge in [-0.05, 0) is 12.1 Å². The second-order valence-electron chi connectivity index (χ2n) is 3.13. The molecule has 0 unspecified atom stereocenters. The van der Waals surface area contributed by atoms with Crippen LogP contribution < -0.4 is 10.1 Å². The maximum atomic E-state index is 12.5. The molecule has 3 nitrogen and oxygen atoms in total. The monoisotopic (exact) mass is 233 g/mol. The lowest BCUT2D eigenvalue weighted by atomic mass is 10.2. The SMILES string of the molecule is COc1cc(NC(C)=O)cc(C(F)(F)F)c1. The van der Waals surface area contributed by atoms with E-state index >= 15 is 0 Å². The normalized spacial score (nSPS) is 11.1. The van der Waals surface area contributed by atoms with Gasteiger partial charge in [-0.3, -0.25) is 4.79 Å². The number of hydrogen-bond acceptors (Lipinski definition) is 2. The third-order valence-corrected chi connectivity index (χ3v) is 1.79.